The number of phenols is 1. The Morgan fingerprint density at radius 2 is 2.00 bits per heavy atom. The van der Waals surface area contributed by atoms with Gasteiger partial charge in [-0.15, -0.1) is 0 Å². The summed E-state index contributed by atoms with van der Waals surface area (Å²) in [4.78, 5) is 39.0. The molecule has 2 saturated heterocycles. The van der Waals surface area contributed by atoms with E-state index >= 15 is 0 Å². The lowest BCUT2D eigenvalue weighted by Gasteiger charge is -2.42. The van der Waals surface area contributed by atoms with Crippen molar-refractivity contribution in [1.82, 2.24) is 15.1 Å². The van der Waals surface area contributed by atoms with Gasteiger partial charge in [-0.05, 0) is 23.9 Å². The number of likely N-dealkylation sites (N-methyl/N-ethyl adjacent to an activating group) is 1. The number of carbonyl (C=O) groups excluding carboxylic acids is 2. The van der Waals surface area contributed by atoms with Crippen molar-refractivity contribution in [2.45, 2.75) is 37.1 Å². The van der Waals surface area contributed by atoms with Crippen LogP contribution in [0.4, 0.5) is 0 Å². The summed E-state index contributed by atoms with van der Waals surface area (Å²) in [6.07, 6.45) is 0.488. The second-order valence-corrected chi connectivity index (χ2v) is 9.29. The minimum absolute atomic E-state index is 0.114. The monoisotopic (exact) mass is 445 g/mol. The first-order valence-electron chi connectivity index (χ1n) is 10.4. The summed E-state index contributed by atoms with van der Waals surface area (Å²) in [5.74, 6) is -2.07. The Kier molecular flexibility index (Phi) is 6.44. The van der Waals surface area contributed by atoms with Gasteiger partial charge in [0.2, 0.25) is 11.8 Å². The highest BCUT2D eigenvalue weighted by molar-refractivity contribution is 6.54. The highest BCUT2D eigenvalue weighted by atomic mass is 16.5. The topological polar surface area (TPSA) is 145 Å². The zero-order valence-electron chi connectivity index (χ0n) is 18.8. The van der Waals surface area contributed by atoms with E-state index in [0.29, 0.717) is 18.7 Å². The van der Waals surface area contributed by atoms with Gasteiger partial charge in [-0.1, -0.05) is 19.3 Å². The molecule has 0 aliphatic carbocycles. The summed E-state index contributed by atoms with van der Waals surface area (Å²) in [6, 6.07) is 3.29. The molecular formula is C21H30BN4O6. The fourth-order valence-electron chi connectivity index (χ4n) is 3.67. The van der Waals surface area contributed by atoms with Crippen LogP contribution in [0.1, 0.15) is 29.8 Å². The molecule has 0 saturated carbocycles. The van der Waals surface area contributed by atoms with Crippen LogP contribution in [0, 0.1) is 0 Å². The van der Waals surface area contributed by atoms with Gasteiger partial charge in [0, 0.05) is 33.7 Å². The lowest BCUT2D eigenvalue weighted by atomic mass is 9.81. The van der Waals surface area contributed by atoms with Gasteiger partial charge < -0.3 is 30.9 Å². The molecule has 2 fully saturated rings. The molecule has 173 valence electrons. The van der Waals surface area contributed by atoms with Crippen molar-refractivity contribution in [3.63, 3.8) is 0 Å². The molecule has 0 spiro atoms. The lowest BCUT2D eigenvalue weighted by Crippen LogP contribution is -2.64. The Bertz CT molecular complexity index is 925. The molecule has 5 N–H and O–H groups in total. The van der Waals surface area contributed by atoms with Crippen molar-refractivity contribution < 1.29 is 29.3 Å². The molecule has 2 heterocycles. The minimum Gasteiger partial charge on any atom is -0.507 e. The maximum absolute atomic E-state index is 12.4. The van der Waals surface area contributed by atoms with Crippen molar-refractivity contribution in [1.29, 1.82) is 0 Å². The van der Waals surface area contributed by atoms with Crippen molar-refractivity contribution in [3.8, 4) is 11.5 Å². The maximum atomic E-state index is 12.4. The summed E-state index contributed by atoms with van der Waals surface area (Å²) in [6.45, 7) is 4.55. The van der Waals surface area contributed by atoms with Crippen LogP contribution in [0.25, 0.3) is 0 Å². The van der Waals surface area contributed by atoms with E-state index < -0.39 is 17.4 Å². The van der Waals surface area contributed by atoms with Crippen LogP contribution in [0.15, 0.2) is 12.1 Å². The number of aromatic hydroxyl groups is 1. The molecule has 0 unspecified atom stereocenters. The van der Waals surface area contributed by atoms with E-state index in [1.165, 1.54) is 4.90 Å². The molecule has 11 heteroatoms. The van der Waals surface area contributed by atoms with Crippen LogP contribution in [-0.4, -0.2) is 97.0 Å². The summed E-state index contributed by atoms with van der Waals surface area (Å²) in [5.41, 5.74) is 5.28. The number of amides is 2. The molecule has 1 radical (unpaired) electrons. The molecular weight excluding hydrogens is 415 g/mol. The number of hydrogen-bond acceptors (Lipinski definition) is 7. The predicted molar refractivity (Wildman–Crippen MR) is 118 cm³/mol. The number of rotatable bonds is 9. The van der Waals surface area contributed by atoms with E-state index in [1.54, 1.807) is 33.2 Å². The maximum Gasteiger partial charge on any atom is 0.343 e. The van der Waals surface area contributed by atoms with Crippen LogP contribution in [0.3, 0.4) is 0 Å². The number of aromatic carboxylic acids is 1. The van der Waals surface area contributed by atoms with Crippen molar-refractivity contribution in [2.24, 2.45) is 5.73 Å². The summed E-state index contributed by atoms with van der Waals surface area (Å²) in [5, 5.41) is 22.4. The average Bonchev–Trinajstić information content (AvgIpc) is 3.41. The zero-order valence-corrected chi connectivity index (χ0v) is 18.8. The predicted octanol–water partition coefficient (Wildman–Crippen LogP) is -0.573. The molecule has 0 bridgehead atoms. The lowest BCUT2D eigenvalue weighted by molar-refractivity contribution is -0.133. The molecule has 2 atom stereocenters. The fraction of sp³-hybridized carbons (Fsp3) is 0.571. The van der Waals surface area contributed by atoms with Crippen LogP contribution < -0.4 is 15.8 Å². The Balaban J connectivity index is 1.56. The van der Waals surface area contributed by atoms with E-state index in [0.717, 1.165) is 6.32 Å². The quantitative estimate of drug-likeness (QED) is 0.370. The number of carbonyl (C=O) groups is 3. The van der Waals surface area contributed by atoms with Gasteiger partial charge in [0.1, 0.15) is 36.0 Å². The minimum atomic E-state index is -1.25. The average molecular weight is 445 g/mol. The summed E-state index contributed by atoms with van der Waals surface area (Å²) in [7, 11) is 5.21. The van der Waals surface area contributed by atoms with E-state index in [2.05, 4.69) is 5.32 Å². The van der Waals surface area contributed by atoms with Gasteiger partial charge in [-0.2, -0.15) is 0 Å². The highest BCUT2D eigenvalue weighted by Gasteiger charge is 2.44. The largest absolute Gasteiger partial charge is 0.507 e. The standard InChI is InChI=1S/C21H30BN4O6/c1-20(10-22-20)13-5-6-14(16(17(13)28)18(29)30)32-12-8-26(9-12)11-21(2,23)19(31)24-7-15(27)25(3)4/h5-6,12,28H,7-11,23H2,1-4H3,(H,24,31)(H,29,30)/t20-,21-/m0/s1. The number of hydrogen-bond donors (Lipinski definition) is 4. The number of carboxylic acids is 1. The third-order valence-electron chi connectivity index (χ3n) is 5.97. The number of ether oxygens (including phenoxy) is 1. The van der Waals surface area contributed by atoms with Crippen LogP contribution in [-0.2, 0) is 14.9 Å². The second kappa shape index (κ2) is 8.63. The number of benzene rings is 1. The summed E-state index contributed by atoms with van der Waals surface area (Å²) < 4.78 is 5.84. The first-order chi connectivity index (χ1) is 14.8. The number of nitrogens with one attached hydrogen (secondary N) is 1. The van der Waals surface area contributed by atoms with Gasteiger partial charge >= 0.3 is 5.97 Å². The van der Waals surface area contributed by atoms with Gasteiger partial charge in [-0.3, -0.25) is 14.5 Å². The molecule has 32 heavy (non-hydrogen) atoms. The van der Waals surface area contributed by atoms with E-state index in [1.807, 2.05) is 19.1 Å². The van der Waals surface area contributed by atoms with Crippen molar-refractivity contribution in [2.75, 3.05) is 40.3 Å². The molecule has 10 nitrogen and oxygen atoms in total. The van der Waals surface area contributed by atoms with Crippen molar-refractivity contribution >= 4 is 25.1 Å². The number of likely N-dealkylation sites (tertiary alicyclic amines) is 1. The van der Waals surface area contributed by atoms with Crippen LogP contribution in [0.2, 0.25) is 6.32 Å². The zero-order chi connectivity index (χ0) is 23.8. The van der Waals surface area contributed by atoms with E-state index in [9.17, 15) is 24.6 Å². The Morgan fingerprint density at radius 3 is 2.53 bits per heavy atom. The third kappa shape index (κ3) is 4.99. The number of carboxylic acid groups (broad SMARTS) is 1. The first-order valence-corrected chi connectivity index (χ1v) is 10.4. The van der Waals surface area contributed by atoms with Crippen LogP contribution in [0.5, 0.6) is 11.5 Å². The van der Waals surface area contributed by atoms with Gasteiger partial charge in [0.15, 0.2) is 0 Å². The smallest absolute Gasteiger partial charge is 0.343 e. The SMILES string of the molecule is CN(C)C(=O)CNC(=O)[C@@](C)(N)CN1CC(Oc2ccc([C@@]3(C)[B]C3)c(O)c2C(=O)O)C1. The molecule has 0 aromatic heterocycles. The van der Waals surface area contributed by atoms with Gasteiger partial charge in [0.25, 0.3) is 0 Å². The third-order valence-corrected chi connectivity index (χ3v) is 5.97. The number of nitrogens with two attached hydrogens (primary N) is 1. The molecule has 1 aromatic carbocycles. The normalized spacial score (nSPS) is 22.2. The van der Waals surface area contributed by atoms with Gasteiger partial charge in [0.05, 0.1) is 6.54 Å². The Labute approximate surface area is 187 Å². The molecule has 3 rings (SSSR count). The highest BCUT2D eigenvalue weighted by Crippen LogP contribution is 2.47. The Hall–Kier alpha value is -2.79. The fourth-order valence-corrected chi connectivity index (χ4v) is 3.67. The molecule has 2 amide bonds. The Morgan fingerprint density at radius 1 is 1.38 bits per heavy atom. The number of nitrogens with zero attached hydrogens (tertiary/aromatic N) is 2. The van der Waals surface area contributed by atoms with E-state index in [4.69, 9.17) is 10.5 Å². The van der Waals surface area contributed by atoms with Crippen LogP contribution >= 0.6 is 0 Å². The second-order valence-electron chi connectivity index (χ2n) is 9.29. The molecule has 1 aromatic rings. The summed E-state index contributed by atoms with van der Waals surface area (Å²) >= 11 is 0. The molecule has 2 aliphatic rings. The molecule has 2 aliphatic heterocycles. The first kappa shape index (κ1) is 23.9. The van der Waals surface area contributed by atoms with E-state index in [-0.39, 0.29) is 47.5 Å². The van der Waals surface area contributed by atoms with Crippen molar-refractivity contribution in [3.05, 3.63) is 23.3 Å². The van der Waals surface area contributed by atoms with Gasteiger partial charge in [-0.25, -0.2) is 4.79 Å².